The minimum atomic E-state index is -1.00. The third-order valence-corrected chi connectivity index (χ3v) is 6.26. The fraction of sp³-hybridized carbons (Fsp3) is 0.536. The van der Waals surface area contributed by atoms with Crippen LogP contribution in [0, 0.1) is 11.8 Å². The minimum absolute atomic E-state index is 0.0129. The Balaban J connectivity index is 0.000000562. The maximum absolute atomic E-state index is 10.5. The van der Waals surface area contributed by atoms with Gasteiger partial charge in [-0.3, -0.25) is 14.6 Å². The van der Waals surface area contributed by atoms with Crippen LogP contribution in [0.2, 0.25) is 0 Å². The van der Waals surface area contributed by atoms with Gasteiger partial charge in [-0.25, -0.2) is 0 Å². The summed E-state index contributed by atoms with van der Waals surface area (Å²) in [4.78, 5) is 24.4. The number of ether oxygens (including phenoxy) is 1. The van der Waals surface area contributed by atoms with E-state index in [1.54, 1.807) is 12.2 Å². The first kappa shape index (κ1) is 34.6. The molecule has 1 saturated carbocycles. The summed E-state index contributed by atoms with van der Waals surface area (Å²) in [5.41, 5.74) is 15.3. The molecule has 12 heteroatoms. The van der Waals surface area contributed by atoms with Crippen LogP contribution in [0.15, 0.2) is 59.6 Å². The number of guanidine groups is 1. The average molecular weight is 565 g/mol. The number of allylic oxidation sites excluding steroid dienone is 2. The Morgan fingerprint density at radius 1 is 1.07 bits per heavy atom. The van der Waals surface area contributed by atoms with Gasteiger partial charge in [-0.05, 0) is 50.2 Å². The van der Waals surface area contributed by atoms with E-state index in [4.69, 9.17) is 32.2 Å². The molecule has 1 aliphatic carbocycles. The molecular formula is C28H44N4O8. The fourth-order valence-electron chi connectivity index (χ4n) is 4.10. The lowest BCUT2D eigenvalue weighted by atomic mass is 9.89. The average Bonchev–Trinajstić information content (AvgIpc) is 3.18. The zero-order valence-corrected chi connectivity index (χ0v) is 22.7. The zero-order valence-electron chi connectivity index (χ0n) is 22.7. The Kier molecular flexibility index (Phi) is 16.9. The number of aliphatic carboxylic acids is 2. The van der Waals surface area contributed by atoms with Crippen molar-refractivity contribution in [3.63, 3.8) is 0 Å². The number of carboxylic acid groups (broad SMARTS) is 2. The molecule has 11 N–H and O–H groups in total. The van der Waals surface area contributed by atoms with Gasteiger partial charge < -0.3 is 47.5 Å². The minimum Gasteiger partial charge on any atom is -0.491 e. The van der Waals surface area contributed by atoms with Gasteiger partial charge in [0.2, 0.25) is 0 Å². The first-order valence-corrected chi connectivity index (χ1v) is 13.3. The van der Waals surface area contributed by atoms with Crippen molar-refractivity contribution in [3.8, 4) is 5.75 Å². The number of carbonyl (C=O) groups is 2. The molecule has 0 aliphatic heterocycles. The monoisotopic (exact) mass is 564 g/mol. The number of aliphatic hydroxyl groups is 3. The van der Waals surface area contributed by atoms with E-state index < -0.39 is 36.3 Å². The number of benzene rings is 1. The number of hydrogen-bond donors (Lipinski definition) is 8. The summed E-state index contributed by atoms with van der Waals surface area (Å²) < 4.78 is 5.51. The number of carboxylic acids is 2. The predicted molar refractivity (Wildman–Crippen MR) is 151 cm³/mol. The van der Waals surface area contributed by atoms with E-state index in [1.807, 2.05) is 42.5 Å². The lowest BCUT2D eigenvalue weighted by Gasteiger charge is -2.19. The number of aliphatic imine (C=N–C) groups is 1. The van der Waals surface area contributed by atoms with Crippen LogP contribution < -0.4 is 21.9 Å². The molecule has 40 heavy (non-hydrogen) atoms. The maximum Gasteiger partial charge on any atom is 0.320 e. The van der Waals surface area contributed by atoms with Crippen molar-refractivity contribution >= 4 is 17.9 Å². The van der Waals surface area contributed by atoms with Crippen LogP contribution in [-0.4, -0.2) is 80.9 Å². The Hall–Kier alpha value is -3.45. The molecule has 0 aromatic heterocycles. The molecule has 1 aliphatic rings. The molecule has 0 amide bonds. The number of unbranched alkanes of at least 4 members (excludes halogenated alkanes) is 1. The number of para-hydroxylation sites is 1. The van der Waals surface area contributed by atoms with Crippen LogP contribution >= 0.6 is 0 Å². The number of rotatable bonds is 16. The molecule has 0 saturated heterocycles. The van der Waals surface area contributed by atoms with Gasteiger partial charge in [-0.1, -0.05) is 42.5 Å². The summed E-state index contributed by atoms with van der Waals surface area (Å²) in [7, 11) is 0. The smallest absolute Gasteiger partial charge is 0.320 e. The zero-order chi connectivity index (χ0) is 29.9. The van der Waals surface area contributed by atoms with Crippen LogP contribution in [0.5, 0.6) is 5.75 Å². The van der Waals surface area contributed by atoms with Gasteiger partial charge in [0.1, 0.15) is 24.5 Å². The van der Waals surface area contributed by atoms with E-state index in [0.717, 1.165) is 0 Å². The molecule has 224 valence electrons. The predicted octanol–water partition coefficient (Wildman–Crippen LogP) is 0.994. The van der Waals surface area contributed by atoms with E-state index in [0.29, 0.717) is 50.8 Å². The molecule has 0 bridgehead atoms. The number of aliphatic hydroxyl groups excluding tert-OH is 3. The van der Waals surface area contributed by atoms with Gasteiger partial charge in [-0.15, -0.1) is 0 Å². The van der Waals surface area contributed by atoms with E-state index in [9.17, 15) is 24.9 Å². The van der Waals surface area contributed by atoms with Gasteiger partial charge in [0.05, 0.1) is 12.2 Å². The van der Waals surface area contributed by atoms with Crippen molar-refractivity contribution in [1.82, 2.24) is 0 Å². The van der Waals surface area contributed by atoms with Crippen LogP contribution in [0.25, 0.3) is 0 Å². The van der Waals surface area contributed by atoms with Crippen LogP contribution in [0.4, 0.5) is 0 Å². The number of nitrogens with two attached hydrogens (primary N) is 3. The molecule has 1 aromatic carbocycles. The Labute approximate surface area is 234 Å². The van der Waals surface area contributed by atoms with Gasteiger partial charge in [0.25, 0.3) is 0 Å². The topological polar surface area (TPSA) is 235 Å². The number of hydrogen-bond acceptors (Lipinski definition) is 8. The van der Waals surface area contributed by atoms with Crippen molar-refractivity contribution < 1.29 is 39.9 Å². The SMILES string of the molecule is NC(N)=NCCC[C@H](N)C(=O)O.O=C(O)CCC/C=C\C[C@@H]1[C@@H](/C=C/[C@@H](O)COc2ccccc2)[C@H](O)C[C@@H]1O. The Morgan fingerprint density at radius 3 is 2.40 bits per heavy atom. The molecule has 6 atom stereocenters. The molecule has 1 fully saturated rings. The highest BCUT2D eigenvalue weighted by Gasteiger charge is 2.39. The van der Waals surface area contributed by atoms with Gasteiger partial charge in [0.15, 0.2) is 5.96 Å². The summed E-state index contributed by atoms with van der Waals surface area (Å²) >= 11 is 0. The van der Waals surface area contributed by atoms with Crippen LogP contribution in [0.1, 0.15) is 44.9 Å². The third-order valence-electron chi connectivity index (χ3n) is 6.26. The molecule has 0 unspecified atom stereocenters. The lowest BCUT2D eigenvalue weighted by molar-refractivity contribution is -0.139. The van der Waals surface area contributed by atoms with E-state index in [1.165, 1.54) is 0 Å². The van der Waals surface area contributed by atoms with Gasteiger partial charge in [0, 0.05) is 25.3 Å². The largest absolute Gasteiger partial charge is 0.491 e. The molecular weight excluding hydrogens is 520 g/mol. The fourth-order valence-corrected chi connectivity index (χ4v) is 4.10. The summed E-state index contributed by atoms with van der Waals surface area (Å²) in [5, 5.41) is 47.6. The molecule has 1 aromatic rings. The summed E-state index contributed by atoms with van der Waals surface area (Å²) in [6.45, 7) is 0.531. The van der Waals surface area contributed by atoms with Gasteiger partial charge >= 0.3 is 11.9 Å². The first-order valence-electron chi connectivity index (χ1n) is 13.3. The second-order valence-corrected chi connectivity index (χ2v) is 9.57. The maximum atomic E-state index is 10.5. The lowest BCUT2D eigenvalue weighted by Crippen LogP contribution is -2.30. The van der Waals surface area contributed by atoms with Crippen molar-refractivity contribution in [2.24, 2.45) is 34.0 Å². The first-order chi connectivity index (χ1) is 19.0. The normalized spacial score (nSPS) is 21.9. The second-order valence-electron chi connectivity index (χ2n) is 9.57. The van der Waals surface area contributed by atoms with Crippen molar-refractivity contribution in [1.29, 1.82) is 0 Å². The molecule has 0 heterocycles. The van der Waals surface area contributed by atoms with Crippen molar-refractivity contribution in [2.75, 3.05) is 13.2 Å². The van der Waals surface area contributed by atoms with Gasteiger partial charge in [-0.2, -0.15) is 0 Å². The highest BCUT2D eigenvalue weighted by molar-refractivity contribution is 5.75. The van der Waals surface area contributed by atoms with E-state index in [-0.39, 0.29) is 30.8 Å². The molecule has 0 radical (unpaired) electrons. The number of nitrogens with zero attached hydrogens (tertiary/aromatic N) is 1. The Morgan fingerprint density at radius 2 is 1.77 bits per heavy atom. The standard InChI is InChI=1S/C22H30O6.C6H14N4O2/c23-16(15-28-17-8-4-3-5-9-17)12-13-19-18(20(24)14-21(19)25)10-6-1-2-7-11-22(26)27;7-4(5(11)12)2-1-3-10-6(8)9/h1,3-6,8-9,12-13,16,18-21,23-25H,2,7,10-11,14-15H2,(H,26,27);4H,1-3,7H2,(H,11,12)(H4,8,9,10)/b6-1-,13-12+;/t16-,18-,19-,20+,21-;4-/m10/s1. The van der Waals surface area contributed by atoms with Crippen LogP contribution in [-0.2, 0) is 9.59 Å². The van der Waals surface area contributed by atoms with E-state index in [2.05, 4.69) is 4.99 Å². The molecule has 0 spiro atoms. The Bertz CT molecular complexity index is 953. The highest BCUT2D eigenvalue weighted by Crippen LogP contribution is 2.36. The molecule has 2 rings (SSSR count). The van der Waals surface area contributed by atoms with Crippen molar-refractivity contribution in [2.45, 2.75) is 69.3 Å². The van der Waals surface area contributed by atoms with E-state index >= 15 is 0 Å². The molecule has 12 nitrogen and oxygen atoms in total. The summed E-state index contributed by atoms with van der Waals surface area (Å²) in [6.07, 6.45) is 8.42. The second kappa shape index (κ2) is 19.6. The quantitative estimate of drug-likeness (QED) is 0.0610. The van der Waals surface area contributed by atoms with Crippen LogP contribution in [0.3, 0.4) is 0 Å². The highest BCUT2D eigenvalue weighted by atomic mass is 16.5. The summed E-state index contributed by atoms with van der Waals surface area (Å²) in [6, 6.07) is 8.40. The third kappa shape index (κ3) is 15.2. The summed E-state index contributed by atoms with van der Waals surface area (Å²) in [5.74, 6) is -1.49. The van der Waals surface area contributed by atoms with Crippen molar-refractivity contribution in [3.05, 3.63) is 54.6 Å².